The van der Waals surface area contributed by atoms with E-state index >= 15 is 0 Å². The summed E-state index contributed by atoms with van der Waals surface area (Å²) >= 11 is 0. The zero-order valence-corrected chi connectivity index (χ0v) is 24.4. The van der Waals surface area contributed by atoms with Crippen LogP contribution in [0.4, 0.5) is 0 Å². The molecule has 1 saturated carbocycles. The molecule has 4 rings (SSSR count). The van der Waals surface area contributed by atoms with Crippen LogP contribution >= 0.6 is 0 Å². The molecule has 1 saturated heterocycles. The highest BCUT2D eigenvalue weighted by molar-refractivity contribution is 7.89. The number of nitrogens with zero attached hydrogens (tertiary/aromatic N) is 2. The maximum absolute atomic E-state index is 13.9. The SMILES string of the molecule is N=C(N)N1CCCC(CNC(=O)C[C@H](NS(=O)(=O)c2ccc3ccccc3c2)C(=O)N(CC(=O)O)C2CCCCC2)C1. The normalized spacial score (nSPS) is 18.8. The number of likely N-dealkylation sites (tertiary alicyclic amines) is 1. The first-order valence-corrected chi connectivity index (χ1v) is 15.9. The summed E-state index contributed by atoms with van der Waals surface area (Å²) in [7, 11) is -4.26. The lowest BCUT2D eigenvalue weighted by molar-refractivity contribution is -0.148. The molecule has 0 spiro atoms. The monoisotopic (exact) mass is 600 g/mol. The number of carbonyl (C=O) groups excluding carboxylic acids is 2. The van der Waals surface area contributed by atoms with E-state index in [2.05, 4.69) is 10.0 Å². The van der Waals surface area contributed by atoms with Gasteiger partial charge in [0, 0.05) is 25.7 Å². The number of carboxylic acids is 1. The zero-order valence-electron chi connectivity index (χ0n) is 23.6. The molecule has 2 aromatic carbocycles. The summed E-state index contributed by atoms with van der Waals surface area (Å²) in [5.74, 6) is -2.46. The third kappa shape index (κ3) is 8.19. The van der Waals surface area contributed by atoms with Crippen LogP contribution in [-0.2, 0) is 24.4 Å². The Balaban J connectivity index is 1.55. The van der Waals surface area contributed by atoms with Crippen molar-refractivity contribution in [2.75, 3.05) is 26.2 Å². The first kappa shape index (κ1) is 31.2. The van der Waals surface area contributed by atoms with Gasteiger partial charge in [-0.05, 0) is 54.5 Å². The third-order valence-electron chi connectivity index (χ3n) is 8.07. The summed E-state index contributed by atoms with van der Waals surface area (Å²) in [5.41, 5.74) is 5.62. The highest BCUT2D eigenvalue weighted by atomic mass is 32.2. The minimum Gasteiger partial charge on any atom is -0.480 e. The zero-order chi connectivity index (χ0) is 30.3. The molecule has 2 atom stereocenters. The van der Waals surface area contributed by atoms with E-state index in [1.165, 1.54) is 17.0 Å². The van der Waals surface area contributed by atoms with Gasteiger partial charge in [-0.25, -0.2) is 8.42 Å². The fourth-order valence-electron chi connectivity index (χ4n) is 5.86. The molecular weight excluding hydrogens is 560 g/mol. The van der Waals surface area contributed by atoms with Crippen molar-refractivity contribution in [3.63, 3.8) is 0 Å². The van der Waals surface area contributed by atoms with Gasteiger partial charge in [0.15, 0.2) is 5.96 Å². The van der Waals surface area contributed by atoms with Crippen LogP contribution in [0.3, 0.4) is 0 Å². The van der Waals surface area contributed by atoms with Crippen molar-refractivity contribution in [1.29, 1.82) is 5.41 Å². The van der Waals surface area contributed by atoms with E-state index in [4.69, 9.17) is 11.1 Å². The average Bonchev–Trinajstić information content (AvgIpc) is 2.98. The summed E-state index contributed by atoms with van der Waals surface area (Å²) in [5, 5.41) is 21.6. The fraction of sp³-hybridized carbons (Fsp3) is 0.517. The molecule has 6 N–H and O–H groups in total. The molecule has 228 valence electrons. The van der Waals surface area contributed by atoms with Crippen molar-refractivity contribution in [2.24, 2.45) is 11.7 Å². The van der Waals surface area contributed by atoms with E-state index in [1.54, 1.807) is 23.1 Å². The molecule has 0 aromatic heterocycles. The van der Waals surface area contributed by atoms with Gasteiger partial charge in [0.25, 0.3) is 0 Å². The second-order valence-electron chi connectivity index (χ2n) is 11.2. The van der Waals surface area contributed by atoms with Crippen LogP contribution in [0.2, 0.25) is 0 Å². The molecule has 1 aliphatic carbocycles. The minimum absolute atomic E-state index is 0.0268. The van der Waals surface area contributed by atoms with Gasteiger partial charge in [-0.15, -0.1) is 0 Å². The number of hydrogen-bond acceptors (Lipinski definition) is 6. The largest absolute Gasteiger partial charge is 0.480 e. The van der Waals surface area contributed by atoms with Gasteiger partial charge in [0.1, 0.15) is 12.6 Å². The Bertz CT molecular complexity index is 1410. The van der Waals surface area contributed by atoms with E-state index in [0.29, 0.717) is 31.3 Å². The predicted octanol–water partition coefficient (Wildman–Crippen LogP) is 1.84. The summed E-state index contributed by atoms with van der Waals surface area (Å²) in [6.07, 6.45) is 5.04. The van der Waals surface area contributed by atoms with Crippen LogP contribution < -0.4 is 15.8 Å². The molecular formula is C29H40N6O6S. The van der Waals surface area contributed by atoms with Gasteiger partial charge < -0.3 is 26.0 Å². The topological polar surface area (TPSA) is 186 Å². The van der Waals surface area contributed by atoms with E-state index in [1.807, 2.05) is 12.1 Å². The van der Waals surface area contributed by atoms with Gasteiger partial charge in [0.05, 0.1) is 11.3 Å². The molecule has 0 radical (unpaired) electrons. The average molecular weight is 601 g/mol. The van der Waals surface area contributed by atoms with Crippen LogP contribution in [0.25, 0.3) is 10.8 Å². The predicted molar refractivity (Wildman–Crippen MR) is 158 cm³/mol. The Morgan fingerprint density at radius 1 is 1.05 bits per heavy atom. The standard InChI is InChI=1S/C29H40N6O6S/c30-29(31)34-14-6-7-20(18-34)17-32-26(36)16-25(28(39)35(19-27(37)38)23-10-2-1-3-11-23)33-42(40,41)24-13-12-21-8-4-5-9-22(21)15-24/h4-5,8-9,12-13,15,20,23,25,33H,1-3,6-7,10-11,14,16-19H2,(H3,30,31)(H,32,36)(H,37,38)/t20?,25-/m0/s1. The Kier molecular flexibility index (Phi) is 10.4. The number of sulfonamides is 1. The molecule has 1 unspecified atom stereocenters. The van der Waals surface area contributed by atoms with Crippen molar-refractivity contribution in [3.05, 3.63) is 42.5 Å². The first-order valence-electron chi connectivity index (χ1n) is 14.4. The lowest BCUT2D eigenvalue weighted by atomic mass is 9.93. The number of carboxylic acid groups (broad SMARTS) is 1. The third-order valence-corrected chi connectivity index (χ3v) is 9.54. The minimum atomic E-state index is -4.26. The number of benzene rings is 2. The second-order valence-corrected chi connectivity index (χ2v) is 12.9. The second kappa shape index (κ2) is 14.0. The van der Waals surface area contributed by atoms with Crippen LogP contribution in [0.15, 0.2) is 47.4 Å². The van der Waals surface area contributed by atoms with E-state index in [0.717, 1.165) is 37.5 Å². The lowest BCUT2D eigenvalue weighted by Crippen LogP contribution is -2.55. The Morgan fingerprint density at radius 2 is 1.76 bits per heavy atom. The Morgan fingerprint density at radius 3 is 2.45 bits per heavy atom. The Labute approximate surface area is 246 Å². The maximum Gasteiger partial charge on any atom is 0.323 e. The van der Waals surface area contributed by atoms with Gasteiger partial charge >= 0.3 is 5.97 Å². The molecule has 2 fully saturated rings. The van der Waals surface area contributed by atoms with Crippen LogP contribution in [0, 0.1) is 11.3 Å². The van der Waals surface area contributed by atoms with E-state index in [-0.39, 0.29) is 29.4 Å². The number of guanidine groups is 1. The smallest absolute Gasteiger partial charge is 0.323 e. The number of piperidine rings is 1. The summed E-state index contributed by atoms with van der Waals surface area (Å²) in [6, 6.07) is 10.0. The molecule has 2 amide bonds. The van der Waals surface area contributed by atoms with Gasteiger partial charge in [-0.2, -0.15) is 4.72 Å². The summed E-state index contributed by atoms with van der Waals surface area (Å²) < 4.78 is 29.5. The first-order chi connectivity index (χ1) is 20.0. The van der Waals surface area contributed by atoms with Crippen LogP contribution in [-0.4, -0.2) is 85.3 Å². The molecule has 2 aromatic rings. The quantitative estimate of drug-likeness (QED) is 0.191. The number of fused-ring (bicyclic) bond motifs is 1. The van der Waals surface area contributed by atoms with Crippen molar-refractivity contribution < 1.29 is 27.9 Å². The number of nitrogens with one attached hydrogen (secondary N) is 3. The van der Waals surface area contributed by atoms with Crippen LogP contribution in [0.5, 0.6) is 0 Å². The number of carbonyl (C=O) groups is 3. The number of rotatable bonds is 11. The van der Waals surface area contributed by atoms with Crippen molar-refractivity contribution in [3.8, 4) is 0 Å². The molecule has 2 aliphatic rings. The highest BCUT2D eigenvalue weighted by Gasteiger charge is 2.36. The van der Waals surface area contributed by atoms with Gasteiger partial charge in [0.2, 0.25) is 21.8 Å². The fourth-order valence-corrected chi connectivity index (χ4v) is 7.09. The van der Waals surface area contributed by atoms with E-state index in [9.17, 15) is 27.9 Å². The molecule has 0 bridgehead atoms. The molecule has 1 aliphatic heterocycles. The highest BCUT2D eigenvalue weighted by Crippen LogP contribution is 2.25. The number of amides is 2. The van der Waals surface area contributed by atoms with Crippen LogP contribution in [0.1, 0.15) is 51.4 Å². The van der Waals surface area contributed by atoms with Gasteiger partial charge in [-0.3, -0.25) is 19.8 Å². The lowest BCUT2D eigenvalue weighted by Gasteiger charge is -2.35. The van der Waals surface area contributed by atoms with Crippen molar-refractivity contribution >= 4 is 44.5 Å². The number of aliphatic carboxylic acids is 1. The van der Waals surface area contributed by atoms with Crippen molar-refractivity contribution in [1.82, 2.24) is 19.8 Å². The maximum atomic E-state index is 13.9. The van der Waals surface area contributed by atoms with Gasteiger partial charge in [-0.1, -0.05) is 49.6 Å². The molecule has 1 heterocycles. The van der Waals surface area contributed by atoms with E-state index < -0.39 is 46.8 Å². The molecule has 13 heteroatoms. The number of hydrogen-bond donors (Lipinski definition) is 5. The van der Waals surface area contributed by atoms with Crippen molar-refractivity contribution in [2.45, 2.75) is 68.3 Å². The number of nitrogens with two attached hydrogens (primary N) is 1. The summed E-state index contributed by atoms with van der Waals surface area (Å²) in [6.45, 7) is 0.888. The molecule has 12 nitrogen and oxygen atoms in total. The molecule has 42 heavy (non-hydrogen) atoms. The Hall–Kier alpha value is -3.71. The summed E-state index contributed by atoms with van der Waals surface area (Å²) in [4.78, 5) is 41.6.